The fourth-order valence-corrected chi connectivity index (χ4v) is 3.43. The Balaban J connectivity index is 1.98. The van der Waals surface area contributed by atoms with Crippen LogP contribution < -0.4 is 0 Å². The zero-order valence-corrected chi connectivity index (χ0v) is 12.8. The molecule has 1 aliphatic carbocycles. The number of para-hydroxylation sites is 2. The number of alkyl halides is 1. The number of aromatic nitrogens is 2. The van der Waals surface area contributed by atoms with Crippen molar-refractivity contribution in [2.24, 2.45) is 0 Å². The second-order valence-electron chi connectivity index (χ2n) is 5.72. The van der Waals surface area contributed by atoms with Crippen molar-refractivity contribution >= 4 is 22.6 Å². The molecule has 106 valence electrons. The molecule has 0 aliphatic heterocycles. The summed E-state index contributed by atoms with van der Waals surface area (Å²) in [7, 11) is 0. The molecule has 21 heavy (non-hydrogen) atoms. The molecule has 2 aromatic carbocycles. The van der Waals surface area contributed by atoms with Crippen molar-refractivity contribution in [3.63, 3.8) is 0 Å². The highest BCUT2D eigenvalue weighted by Gasteiger charge is 2.18. The molecule has 3 heteroatoms. The maximum atomic E-state index is 6.36. The van der Waals surface area contributed by atoms with E-state index in [1.807, 2.05) is 19.1 Å². The van der Waals surface area contributed by atoms with E-state index in [0.717, 1.165) is 16.9 Å². The van der Waals surface area contributed by atoms with Gasteiger partial charge in [0.2, 0.25) is 0 Å². The van der Waals surface area contributed by atoms with Crippen molar-refractivity contribution in [3.05, 3.63) is 59.4 Å². The van der Waals surface area contributed by atoms with E-state index in [9.17, 15) is 0 Å². The quantitative estimate of drug-likeness (QED) is 0.620. The minimum Gasteiger partial charge on any atom is -0.295 e. The monoisotopic (exact) mass is 296 g/mol. The second-order valence-corrected chi connectivity index (χ2v) is 6.37. The van der Waals surface area contributed by atoms with Gasteiger partial charge in [0.1, 0.15) is 5.82 Å². The number of rotatable bonds is 2. The van der Waals surface area contributed by atoms with E-state index in [1.54, 1.807) is 0 Å². The summed E-state index contributed by atoms with van der Waals surface area (Å²) in [6.07, 6.45) is 3.66. The van der Waals surface area contributed by atoms with Gasteiger partial charge in [-0.2, -0.15) is 0 Å². The third kappa shape index (κ3) is 2.06. The Labute approximate surface area is 129 Å². The standard InChI is InChI=1S/C18H17ClN2/c1-12(19)18-20-16-7-2-3-8-17(16)21(18)15-10-9-13-5-4-6-14(13)11-15/h2-3,7-12H,4-6H2,1H3. The Morgan fingerprint density at radius 1 is 1.10 bits per heavy atom. The van der Waals surface area contributed by atoms with Crippen LogP contribution in [0, 0.1) is 0 Å². The van der Waals surface area contributed by atoms with Crippen LogP contribution in [0.4, 0.5) is 0 Å². The van der Waals surface area contributed by atoms with Crippen molar-refractivity contribution in [3.8, 4) is 5.69 Å². The van der Waals surface area contributed by atoms with E-state index in [4.69, 9.17) is 16.6 Å². The average Bonchev–Trinajstić information content (AvgIpc) is 3.10. The van der Waals surface area contributed by atoms with Gasteiger partial charge in [0.25, 0.3) is 0 Å². The number of fused-ring (bicyclic) bond motifs is 2. The van der Waals surface area contributed by atoms with Crippen LogP contribution >= 0.6 is 11.6 Å². The van der Waals surface area contributed by atoms with Crippen LogP contribution in [0.15, 0.2) is 42.5 Å². The van der Waals surface area contributed by atoms with Crippen LogP contribution in [0.5, 0.6) is 0 Å². The molecular weight excluding hydrogens is 280 g/mol. The smallest absolute Gasteiger partial charge is 0.132 e. The van der Waals surface area contributed by atoms with Crippen molar-refractivity contribution in [2.45, 2.75) is 31.6 Å². The summed E-state index contributed by atoms with van der Waals surface area (Å²) in [4.78, 5) is 4.71. The topological polar surface area (TPSA) is 17.8 Å². The number of imidazole rings is 1. The first-order valence-electron chi connectivity index (χ1n) is 7.47. The Bertz CT molecular complexity index is 817. The molecule has 0 spiro atoms. The van der Waals surface area contributed by atoms with Crippen molar-refractivity contribution in [1.82, 2.24) is 9.55 Å². The number of benzene rings is 2. The van der Waals surface area contributed by atoms with Gasteiger partial charge < -0.3 is 0 Å². The molecule has 1 aromatic heterocycles. The van der Waals surface area contributed by atoms with E-state index >= 15 is 0 Å². The largest absolute Gasteiger partial charge is 0.295 e. The molecule has 4 rings (SSSR count). The van der Waals surface area contributed by atoms with E-state index in [0.29, 0.717) is 0 Å². The number of aryl methyl sites for hydroxylation is 2. The Morgan fingerprint density at radius 2 is 1.90 bits per heavy atom. The highest BCUT2D eigenvalue weighted by atomic mass is 35.5. The summed E-state index contributed by atoms with van der Waals surface area (Å²) in [6.45, 7) is 1.98. The van der Waals surface area contributed by atoms with Gasteiger partial charge in [-0.1, -0.05) is 18.2 Å². The molecular formula is C18H17ClN2. The lowest BCUT2D eigenvalue weighted by Gasteiger charge is -2.12. The summed E-state index contributed by atoms with van der Waals surface area (Å²) >= 11 is 6.36. The molecule has 0 N–H and O–H groups in total. The Morgan fingerprint density at radius 3 is 2.76 bits per heavy atom. The number of nitrogens with zero attached hydrogens (tertiary/aromatic N) is 2. The zero-order chi connectivity index (χ0) is 14.4. The summed E-state index contributed by atoms with van der Waals surface area (Å²) < 4.78 is 2.20. The van der Waals surface area contributed by atoms with Gasteiger partial charge in [0.05, 0.1) is 16.4 Å². The molecule has 2 nitrogen and oxygen atoms in total. The summed E-state index contributed by atoms with van der Waals surface area (Å²) in [5.41, 5.74) is 6.26. The SMILES string of the molecule is CC(Cl)c1nc2ccccc2n1-c1ccc2c(c1)CCC2. The molecule has 1 unspecified atom stereocenters. The van der Waals surface area contributed by atoms with Gasteiger partial charge in [0.15, 0.2) is 0 Å². The van der Waals surface area contributed by atoms with Gasteiger partial charge in [-0.05, 0) is 61.6 Å². The van der Waals surface area contributed by atoms with Crippen LogP contribution in [-0.2, 0) is 12.8 Å². The number of hydrogen-bond acceptors (Lipinski definition) is 1. The van der Waals surface area contributed by atoms with Gasteiger partial charge in [-0.25, -0.2) is 4.98 Å². The molecule has 0 saturated carbocycles. The summed E-state index contributed by atoms with van der Waals surface area (Å²) in [5, 5.41) is -0.120. The second kappa shape index (κ2) is 4.88. The third-order valence-electron chi connectivity index (χ3n) is 4.28. The summed E-state index contributed by atoms with van der Waals surface area (Å²) in [5.74, 6) is 0.913. The van der Waals surface area contributed by atoms with Crippen LogP contribution in [-0.4, -0.2) is 9.55 Å². The maximum Gasteiger partial charge on any atom is 0.132 e. The first kappa shape index (κ1) is 12.9. The Hall–Kier alpha value is -1.80. The normalized spacial score (nSPS) is 15.3. The molecule has 3 aromatic rings. The fraction of sp³-hybridized carbons (Fsp3) is 0.278. The van der Waals surface area contributed by atoms with Gasteiger partial charge in [-0.3, -0.25) is 4.57 Å². The summed E-state index contributed by atoms with van der Waals surface area (Å²) in [6, 6.07) is 15.0. The van der Waals surface area contributed by atoms with Crippen molar-refractivity contribution < 1.29 is 0 Å². The van der Waals surface area contributed by atoms with Crippen LogP contribution in [0.2, 0.25) is 0 Å². The highest BCUT2D eigenvalue weighted by molar-refractivity contribution is 6.20. The lowest BCUT2D eigenvalue weighted by Crippen LogP contribution is -2.02. The predicted molar refractivity (Wildman–Crippen MR) is 87.4 cm³/mol. The number of hydrogen-bond donors (Lipinski definition) is 0. The van der Waals surface area contributed by atoms with Gasteiger partial charge >= 0.3 is 0 Å². The minimum absolute atomic E-state index is 0.120. The highest BCUT2D eigenvalue weighted by Crippen LogP contribution is 2.30. The van der Waals surface area contributed by atoms with E-state index in [2.05, 4.69) is 34.9 Å². The van der Waals surface area contributed by atoms with E-state index < -0.39 is 0 Å². The maximum absolute atomic E-state index is 6.36. The first-order chi connectivity index (χ1) is 10.2. The molecule has 0 bridgehead atoms. The number of halogens is 1. The third-order valence-corrected chi connectivity index (χ3v) is 4.48. The van der Waals surface area contributed by atoms with Crippen LogP contribution in [0.25, 0.3) is 16.7 Å². The molecule has 1 atom stereocenters. The molecule has 0 saturated heterocycles. The van der Waals surface area contributed by atoms with Crippen molar-refractivity contribution in [2.75, 3.05) is 0 Å². The predicted octanol–water partition coefficient (Wildman–Crippen LogP) is 4.81. The minimum atomic E-state index is -0.120. The molecule has 0 amide bonds. The molecule has 1 heterocycles. The van der Waals surface area contributed by atoms with E-state index in [1.165, 1.54) is 36.1 Å². The zero-order valence-electron chi connectivity index (χ0n) is 12.0. The van der Waals surface area contributed by atoms with Crippen LogP contribution in [0.3, 0.4) is 0 Å². The van der Waals surface area contributed by atoms with E-state index in [-0.39, 0.29) is 5.38 Å². The lowest BCUT2D eigenvalue weighted by atomic mass is 10.1. The van der Waals surface area contributed by atoms with Crippen LogP contribution in [0.1, 0.15) is 35.7 Å². The van der Waals surface area contributed by atoms with Gasteiger partial charge in [-0.15, -0.1) is 11.6 Å². The molecule has 0 fully saturated rings. The fourth-order valence-electron chi connectivity index (χ4n) is 3.28. The molecule has 1 aliphatic rings. The van der Waals surface area contributed by atoms with Gasteiger partial charge in [0, 0.05) is 5.69 Å². The lowest BCUT2D eigenvalue weighted by molar-refractivity contribution is 0.880. The molecule has 0 radical (unpaired) electrons. The first-order valence-corrected chi connectivity index (χ1v) is 7.91. The average molecular weight is 297 g/mol. The van der Waals surface area contributed by atoms with Crippen molar-refractivity contribution in [1.29, 1.82) is 0 Å². The Kier molecular flexibility index (Phi) is 3.00.